The average Bonchev–Trinajstić information content (AvgIpc) is 2.62. The predicted octanol–water partition coefficient (Wildman–Crippen LogP) is 5.20. The van der Waals surface area contributed by atoms with E-state index in [1.165, 1.54) is 0 Å². The van der Waals surface area contributed by atoms with Gasteiger partial charge in [-0.1, -0.05) is 37.3 Å². The minimum atomic E-state index is 0.577. The second kappa shape index (κ2) is 9.78. The highest BCUT2D eigenvalue weighted by Gasteiger charge is 2.04. The minimum Gasteiger partial charge on any atom is -0.496 e. The van der Waals surface area contributed by atoms with Crippen LogP contribution in [0.5, 0.6) is 11.5 Å². The molecule has 0 unspecified atom stereocenters. The molecule has 0 spiro atoms. The lowest BCUT2D eigenvalue weighted by Crippen LogP contribution is -2.06. The Morgan fingerprint density at radius 1 is 0.917 bits per heavy atom. The van der Waals surface area contributed by atoms with E-state index in [2.05, 4.69) is 37.3 Å². The summed E-state index contributed by atoms with van der Waals surface area (Å²) >= 11 is 0. The first-order chi connectivity index (χ1) is 11.8. The van der Waals surface area contributed by atoms with E-state index in [0.717, 1.165) is 41.2 Å². The molecule has 3 heteroatoms. The van der Waals surface area contributed by atoms with Crippen molar-refractivity contribution in [3.63, 3.8) is 0 Å². The van der Waals surface area contributed by atoms with E-state index in [1.807, 2.05) is 31.2 Å². The van der Waals surface area contributed by atoms with Crippen LogP contribution in [-0.2, 0) is 4.74 Å². The number of allylic oxidation sites excluding steroid dienone is 1. The van der Waals surface area contributed by atoms with E-state index in [1.54, 1.807) is 7.11 Å². The number of hydrogen-bond acceptors (Lipinski definition) is 3. The third-order valence-electron chi connectivity index (χ3n) is 3.61. The van der Waals surface area contributed by atoms with E-state index in [9.17, 15) is 0 Å². The van der Waals surface area contributed by atoms with Gasteiger partial charge in [-0.25, -0.2) is 0 Å². The maximum absolute atomic E-state index is 5.69. The summed E-state index contributed by atoms with van der Waals surface area (Å²) in [4.78, 5) is 0. The van der Waals surface area contributed by atoms with Gasteiger partial charge >= 0.3 is 0 Å². The van der Waals surface area contributed by atoms with Crippen LogP contribution < -0.4 is 9.47 Å². The molecule has 0 aromatic heterocycles. The molecule has 2 aromatic carbocycles. The van der Waals surface area contributed by atoms with Crippen molar-refractivity contribution < 1.29 is 14.2 Å². The zero-order chi connectivity index (χ0) is 17.2. The summed E-state index contributed by atoms with van der Waals surface area (Å²) < 4.78 is 16.5. The fourth-order valence-electron chi connectivity index (χ4n) is 2.43. The van der Waals surface area contributed by atoms with Crippen LogP contribution in [0.1, 0.15) is 25.8 Å². The number of methoxy groups -OCH3 is 1. The normalized spacial score (nSPS) is 11.0. The van der Waals surface area contributed by atoms with Crippen molar-refractivity contribution in [3.8, 4) is 22.6 Å². The van der Waals surface area contributed by atoms with Crippen molar-refractivity contribution >= 4 is 6.08 Å². The molecular weight excluding hydrogens is 300 g/mol. The molecule has 2 rings (SSSR count). The van der Waals surface area contributed by atoms with Crippen LogP contribution in [0.3, 0.4) is 0 Å². The van der Waals surface area contributed by atoms with Crippen LogP contribution in [0, 0.1) is 0 Å². The third kappa shape index (κ3) is 5.14. The fourth-order valence-corrected chi connectivity index (χ4v) is 2.43. The third-order valence-corrected chi connectivity index (χ3v) is 3.61. The first-order valence-corrected chi connectivity index (χ1v) is 8.40. The quantitative estimate of drug-likeness (QED) is 0.593. The Morgan fingerprint density at radius 2 is 1.67 bits per heavy atom. The lowest BCUT2D eigenvalue weighted by molar-refractivity contribution is 0.101. The van der Waals surface area contributed by atoms with Crippen molar-refractivity contribution in [1.82, 2.24) is 0 Å². The lowest BCUT2D eigenvalue weighted by Gasteiger charge is -2.10. The molecule has 0 aliphatic rings. The fraction of sp³-hybridized carbons (Fsp3) is 0.333. The molecular formula is C21H26O3. The zero-order valence-corrected chi connectivity index (χ0v) is 14.7. The van der Waals surface area contributed by atoms with Gasteiger partial charge in [0.25, 0.3) is 0 Å². The summed E-state index contributed by atoms with van der Waals surface area (Å²) in [5, 5.41) is 0. The number of benzene rings is 2. The summed E-state index contributed by atoms with van der Waals surface area (Å²) in [5.74, 6) is 1.74. The van der Waals surface area contributed by atoms with Crippen molar-refractivity contribution in [2.45, 2.75) is 20.3 Å². The Balaban J connectivity index is 2.03. The second-order valence-electron chi connectivity index (χ2n) is 5.44. The molecule has 0 amide bonds. The van der Waals surface area contributed by atoms with Gasteiger partial charge in [0.1, 0.15) is 18.1 Å². The SMILES string of the molecule is C/C=C/c1cc(-c2ccc(OCCOCCC)cc2)ccc1OC. The average molecular weight is 326 g/mol. The van der Waals surface area contributed by atoms with E-state index < -0.39 is 0 Å². The van der Waals surface area contributed by atoms with Gasteiger partial charge in [-0.15, -0.1) is 0 Å². The molecule has 0 aliphatic heterocycles. The maximum Gasteiger partial charge on any atom is 0.126 e. The Bertz CT molecular complexity index is 645. The molecule has 0 N–H and O–H groups in total. The highest BCUT2D eigenvalue weighted by molar-refractivity contribution is 5.70. The Labute approximate surface area is 144 Å². The maximum atomic E-state index is 5.69. The van der Waals surface area contributed by atoms with E-state index >= 15 is 0 Å². The zero-order valence-electron chi connectivity index (χ0n) is 14.7. The predicted molar refractivity (Wildman–Crippen MR) is 99.7 cm³/mol. The Kier molecular flexibility index (Phi) is 7.37. The minimum absolute atomic E-state index is 0.577. The summed E-state index contributed by atoms with van der Waals surface area (Å²) in [6, 6.07) is 14.3. The molecule has 2 aromatic rings. The van der Waals surface area contributed by atoms with Crippen molar-refractivity contribution in [2.75, 3.05) is 26.9 Å². The summed E-state index contributed by atoms with van der Waals surface area (Å²) in [6.07, 6.45) is 5.10. The highest BCUT2D eigenvalue weighted by atomic mass is 16.5. The summed E-state index contributed by atoms with van der Waals surface area (Å²) in [6.45, 7) is 6.09. The number of rotatable bonds is 9. The first kappa shape index (κ1) is 18.1. The smallest absolute Gasteiger partial charge is 0.126 e. The molecule has 0 saturated carbocycles. The molecule has 128 valence electrons. The molecule has 24 heavy (non-hydrogen) atoms. The highest BCUT2D eigenvalue weighted by Crippen LogP contribution is 2.28. The van der Waals surface area contributed by atoms with E-state index in [-0.39, 0.29) is 0 Å². The first-order valence-electron chi connectivity index (χ1n) is 8.40. The van der Waals surface area contributed by atoms with Gasteiger partial charge in [0, 0.05) is 12.2 Å². The topological polar surface area (TPSA) is 27.7 Å². The molecule has 0 saturated heterocycles. The standard InChI is InChI=1S/C21H26O3/c1-4-6-19-16-18(9-12-21(19)22-3)17-7-10-20(11-8-17)24-15-14-23-13-5-2/h4,6-12,16H,5,13-15H2,1-3H3/b6-4+. The molecule has 0 heterocycles. The van der Waals surface area contributed by atoms with Crippen LogP contribution in [0.15, 0.2) is 48.5 Å². The van der Waals surface area contributed by atoms with Crippen molar-refractivity contribution in [1.29, 1.82) is 0 Å². The van der Waals surface area contributed by atoms with Crippen LogP contribution in [0.2, 0.25) is 0 Å². The van der Waals surface area contributed by atoms with Crippen LogP contribution >= 0.6 is 0 Å². The second-order valence-corrected chi connectivity index (χ2v) is 5.44. The molecule has 0 atom stereocenters. The van der Waals surface area contributed by atoms with Crippen LogP contribution in [0.25, 0.3) is 17.2 Å². The van der Waals surface area contributed by atoms with Gasteiger partial charge in [-0.05, 0) is 48.7 Å². The van der Waals surface area contributed by atoms with E-state index in [4.69, 9.17) is 14.2 Å². The number of hydrogen-bond donors (Lipinski definition) is 0. The molecule has 0 radical (unpaired) electrons. The number of ether oxygens (including phenoxy) is 3. The molecule has 3 nitrogen and oxygen atoms in total. The monoisotopic (exact) mass is 326 g/mol. The van der Waals surface area contributed by atoms with Crippen molar-refractivity contribution in [3.05, 3.63) is 54.1 Å². The van der Waals surface area contributed by atoms with Crippen LogP contribution in [-0.4, -0.2) is 26.9 Å². The summed E-state index contributed by atoms with van der Waals surface area (Å²) in [7, 11) is 1.69. The molecule has 0 fully saturated rings. The molecule has 0 aliphatic carbocycles. The molecule has 0 bridgehead atoms. The van der Waals surface area contributed by atoms with E-state index in [0.29, 0.717) is 13.2 Å². The van der Waals surface area contributed by atoms with Gasteiger partial charge in [-0.3, -0.25) is 0 Å². The Morgan fingerprint density at radius 3 is 2.33 bits per heavy atom. The summed E-state index contributed by atoms with van der Waals surface area (Å²) in [5.41, 5.74) is 3.38. The van der Waals surface area contributed by atoms with Gasteiger partial charge < -0.3 is 14.2 Å². The van der Waals surface area contributed by atoms with Gasteiger partial charge in [0.15, 0.2) is 0 Å². The van der Waals surface area contributed by atoms with Crippen molar-refractivity contribution in [2.24, 2.45) is 0 Å². The van der Waals surface area contributed by atoms with Crippen LogP contribution in [0.4, 0.5) is 0 Å². The largest absolute Gasteiger partial charge is 0.496 e. The lowest BCUT2D eigenvalue weighted by atomic mass is 10.0. The van der Waals surface area contributed by atoms with Gasteiger partial charge in [0.05, 0.1) is 13.7 Å². The van der Waals surface area contributed by atoms with Gasteiger partial charge in [0.2, 0.25) is 0 Å². The Hall–Kier alpha value is -2.26. The van der Waals surface area contributed by atoms with Gasteiger partial charge in [-0.2, -0.15) is 0 Å².